The maximum Gasteiger partial charge on any atom is 0 e. The molecule has 2 nitrogen and oxygen atoms in total. The predicted molar refractivity (Wildman–Crippen MR) is 54.0 cm³/mol. The van der Waals surface area contributed by atoms with Gasteiger partial charge in [0.2, 0.25) is 0 Å². The summed E-state index contributed by atoms with van der Waals surface area (Å²) < 4.78 is 0. The molecule has 82 valence electrons. The van der Waals surface area contributed by atoms with Crippen LogP contribution < -0.4 is 11.5 Å². The van der Waals surface area contributed by atoms with Crippen LogP contribution in [0.4, 0.5) is 0 Å². The Morgan fingerprint density at radius 1 is 0.500 bits per heavy atom. The molecule has 0 aliphatic heterocycles. The smallest absolute Gasteiger partial charge is 0 e. The monoisotopic (exact) mass is 708 g/mol. The number of nitrogens with two attached hydrogens (primary N) is 2. The van der Waals surface area contributed by atoms with Crippen LogP contribution in [0.25, 0.3) is 0 Å². The van der Waals surface area contributed by atoms with Crippen molar-refractivity contribution in [1.29, 1.82) is 0 Å². The molecule has 0 fully saturated rings. The van der Waals surface area contributed by atoms with Crippen molar-refractivity contribution in [3.8, 4) is 0 Å². The summed E-state index contributed by atoms with van der Waals surface area (Å²) in [7, 11) is 3.00. The van der Waals surface area contributed by atoms with Gasteiger partial charge in [-0.05, 0) is 14.1 Å². The quantitative estimate of drug-likeness (QED) is 0.373. The predicted octanol–water partition coefficient (Wildman–Crippen LogP) is 1.25. The Morgan fingerprint density at radius 3 is 0.500 bits per heavy atom. The average molecular weight is 708 g/mol. The zero-order chi connectivity index (χ0) is 8.00. The standard InChI is InChI=1S/2C2H6.2CH5N.H3P.3W/c4*1-2;;;;/h2*1-2H3;2*2H2,1H3;1H3;;;. The summed E-state index contributed by atoms with van der Waals surface area (Å²) in [6.45, 7) is 8.00. The van der Waals surface area contributed by atoms with Crippen LogP contribution in [-0.4, -0.2) is 14.1 Å². The molecule has 4 N–H and O–H groups in total. The van der Waals surface area contributed by atoms with Gasteiger partial charge in [0.1, 0.15) is 0 Å². The van der Waals surface area contributed by atoms with Crippen molar-refractivity contribution in [3.05, 3.63) is 0 Å². The van der Waals surface area contributed by atoms with Crippen LogP contribution in [0.2, 0.25) is 0 Å². The van der Waals surface area contributed by atoms with Crippen LogP contribution in [0.5, 0.6) is 0 Å². The third-order valence-corrected chi connectivity index (χ3v) is 0. The van der Waals surface area contributed by atoms with Crippen LogP contribution >= 0.6 is 9.90 Å². The van der Waals surface area contributed by atoms with Gasteiger partial charge in [-0.25, -0.2) is 0 Å². The molecule has 12 heavy (non-hydrogen) atoms. The molecule has 0 saturated heterocycles. The van der Waals surface area contributed by atoms with E-state index in [2.05, 4.69) is 11.5 Å². The molecule has 0 saturated carbocycles. The Labute approximate surface area is 125 Å². The van der Waals surface area contributed by atoms with Gasteiger partial charge in [-0.2, -0.15) is 9.90 Å². The second-order valence-electron chi connectivity index (χ2n) is 0. The van der Waals surface area contributed by atoms with Gasteiger partial charge in [0.05, 0.1) is 0 Å². The number of hydrogen-bond acceptors (Lipinski definition) is 2. The molecule has 0 rings (SSSR count). The summed E-state index contributed by atoms with van der Waals surface area (Å²) in [6, 6.07) is 0. The molecule has 0 aliphatic carbocycles. The van der Waals surface area contributed by atoms with Crippen molar-refractivity contribution in [2.75, 3.05) is 14.1 Å². The Bertz CT molecular complexity index is 20.8. The van der Waals surface area contributed by atoms with Crippen LogP contribution in [0.15, 0.2) is 0 Å². The molecule has 0 aliphatic rings. The summed E-state index contributed by atoms with van der Waals surface area (Å²) in [5.74, 6) is 0. The third kappa shape index (κ3) is 277. The van der Waals surface area contributed by atoms with Crippen LogP contribution in [0, 0.1) is 0 Å². The molecule has 0 aromatic carbocycles. The van der Waals surface area contributed by atoms with Crippen LogP contribution in [-0.2, 0) is 63.2 Å². The Kier molecular flexibility index (Phi) is 1860. The summed E-state index contributed by atoms with van der Waals surface area (Å²) in [5, 5.41) is 0. The largest absolute Gasteiger partial charge is 0.333 e. The summed E-state index contributed by atoms with van der Waals surface area (Å²) >= 11 is 0. The molecule has 0 aromatic rings. The van der Waals surface area contributed by atoms with Gasteiger partial charge in [-0.15, -0.1) is 0 Å². The van der Waals surface area contributed by atoms with E-state index in [4.69, 9.17) is 0 Å². The van der Waals surface area contributed by atoms with Gasteiger partial charge < -0.3 is 11.5 Å². The summed E-state index contributed by atoms with van der Waals surface area (Å²) in [5.41, 5.74) is 9.00. The zero-order valence-electron chi connectivity index (χ0n) is 9.09. The normalized spacial score (nSPS) is 2.00. The van der Waals surface area contributed by atoms with Gasteiger partial charge >= 0.3 is 0 Å². The first-order valence-electron chi connectivity index (χ1n) is 3.15. The van der Waals surface area contributed by atoms with Crippen LogP contribution in [0.3, 0.4) is 0 Å². The molecule has 6 heteroatoms. The van der Waals surface area contributed by atoms with Crippen molar-refractivity contribution in [1.82, 2.24) is 0 Å². The van der Waals surface area contributed by atoms with Gasteiger partial charge in [0.15, 0.2) is 0 Å². The van der Waals surface area contributed by atoms with E-state index in [9.17, 15) is 0 Å². The average Bonchev–Trinajstić information content (AvgIpc) is 2.03. The maximum atomic E-state index is 4.50. The Morgan fingerprint density at radius 2 is 0.500 bits per heavy atom. The van der Waals surface area contributed by atoms with Gasteiger partial charge in [-0.3, -0.25) is 0 Å². The molecule has 0 bridgehead atoms. The van der Waals surface area contributed by atoms with E-state index in [1.807, 2.05) is 27.7 Å². The molecule has 0 aromatic heterocycles. The van der Waals surface area contributed by atoms with Crippen molar-refractivity contribution >= 4 is 9.90 Å². The van der Waals surface area contributed by atoms with Crippen molar-refractivity contribution in [2.45, 2.75) is 27.7 Å². The van der Waals surface area contributed by atoms with Gasteiger partial charge in [0, 0.05) is 63.2 Å². The third-order valence-electron chi connectivity index (χ3n) is 0. The number of hydrogen-bond donors (Lipinski definition) is 2. The molecule has 0 heterocycles. The Hall–Kier alpha value is 2.41. The van der Waals surface area contributed by atoms with E-state index < -0.39 is 0 Å². The number of rotatable bonds is 0. The molecule has 1 atom stereocenters. The van der Waals surface area contributed by atoms with Crippen molar-refractivity contribution in [3.63, 3.8) is 0 Å². The van der Waals surface area contributed by atoms with Gasteiger partial charge in [-0.1, -0.05) is 27.7 Å². The first-order chi connectivity index (χ1) is 4.00. The summed E-state index contributed by atoms with van der Waals surface area (Å²) in [6.07, 6.45) is 0. The Balaban J connectivity index is -0.00000000267. The minimum atomic E-state index is 0. The zero-order valence-corrected chi connectivity index (χ0v) is 19.3. The van der Waals surface area contributed by atoms with E-state index in [1.165, 1.54) is 14.1 Å². The molecular weight excluding hydrogens is 683 g/mol. The molecule has 1 unspecified atom stereocenters. The fourth-order valence-electron chi connectivity index (χ4n) is 0. The summed E-state index contributed by atoms with van der Waals surface area (Å²) in [4.78, 5) is 0. The van der Waals surface area contributed by atoms with E-state index >= 15 is 0 Å². The molecule has 0 spiro atoms. The maximum absolute atomic E-state index is 4.50. The van der Waals surface area contributed by atoms with Gasteiger partial charge in [0.25, 0.3) is 0 Å². The first kappa shape index (κ1) is 63.0. The topological polar surface area (TPSA) is 52.0 Å². The second kappa shape index (κ2) is 355. The first-order valence-corrected chi connectivity index (χ1v) is 3.15. The van der Waals surface area contributed by atoms with E-state index in [0.717, 1.165) is 0 Å². The fraction of sp³-hybridized carbons (Fsp3) is 1.00. The van der Waals surface area contributed by atoms with E-state index in [0.29, 0.717) is 0 Å². The second-order valence-corrected chi connectivity index (χ2v) is 0. The van der Waals surface area contributed by atoms with E-state index in [-0.39, 0.29) is 73.1 Å². The van der Waals surface area contributed by atoms with Crippen LogP contribution in [0.1, 0.15) is 27.7 Å². The SMILES string of the molecule is CC.CC.CN.CN.P.[W].[W].[W]. The molecular formula is C6H25N2PW3. The fourth-order valence-corrected chi connectivity index (χ4v) is 0. The minimum absolute atomic E-state index is 0. The molecule has 0 radical (unpaired) electrons. The minimum Gasteiger partial charge on any atom is -0.333 e. The molecule has 0 amide bonds. The van der Waals surface area contributed by atoms with Crippen molar-refractivity contribution in [2.24, 2.45) is 11.5 Å². The van der Waals surface area contributed by atoms with E-state index in [1.54, 1.807) is 0 Å². The van der Waals surface area contributed by atoms with Crippen molar-refractivity contribution < 1.29 is 63.2 Å².